The number of carbonyl (C=O) groups is 1. The number of rotatable bonds is 9. The Labute approximate surface area is 150 Å². The van der Waals surface area contributed by atoms with Crippen molar-refractivity contribution in [1.82, 2.24) is 0 Å². The van der Waals surface area contributed by atoms with Gasteiger partial charge in [0.2, 0.25) is 0 Å². The van der Waals surface area contributed by atoms with Crippen LogP contribution in [0, 0.1) is 31.1 Å². The largest absolute Gasteiger partial charge is 0.299 e. The van der Waals surface area contributed by atoms with Crippen LogP contribution in [-0.4, -0.2) is 5.78 Å². The van der Waals surface area contributed by atoms with Gasteiger partial charge in [0, 0.05) is 12.3 Å². The number of Topliss-reactive ketones (excluding diaryl/α,β-unsaturated/α-hetero) is 1. The molecule has 1 aromatic rings. The minimum absolute atomic E-state index is 0.0926. The van der Waals surface area contributed by atoms with Crippen LogP contribution < -0.4 is 0 Å². The molecule has 0 aliphatic carbocycles. The monoisotopic (exact) mass is 330 g/mol. The fourth-order valence-electron chi connectivity index (χ4n) is 3.56. The van der Waals surface area contributed by atoms with Gasteiger partial charge in [0.25, 0.3) is 0 Å². The van der Waals surface area contributed by atoms with Crippen molar-refractivity contribution in [3.63, 3.8) is 0 Å². The number of carbonyl (C=O) groups excluding carboxylic acids is 1. The third kappa shape index (κ3) is 7.20. The van der Waals surface area contributed by atoms with Gasteiger partial charge in [-0.05, 0) is 61.1 Å². The van der Waals surface area contributed by atoms with Crippen molar-refractivity contribution in [2.24, 2.45) is 17.3 Å². The summed E-state index contributed by atoms with van der Waals surface area (Å²) in [5.41, 5.74) is 4.22. The lowest BCUT2D eigenvalue weighted by Crippen LogP contribution is -2.26. The molecule has 0 saturated carbocycles. The van der Waals surface area contributed by atoms with E-state index in [-0.39, 0.29) is 11.3 Å². The van der Waals surface area contributed by atoms with Gasteiger partial charge >= 0.3 is 0 Å². The molecular weight excluding hydrogens is 292 g/mol. The molecule has 24 heavy (non-hydrogen) atoms. The standard InChI is InChI=1S/C23H38O/c1-8-10-18(3)21(22(24)16-23(5,6)7)12-9-11-20-14-13-17(2)19(4)15-20/h13-15,18,21H,8-12,16H2,1-7H3. The van der Waals surface area contributed by atoms with Crippen molar-refractivity contribution < 1.29 is 4.79 Å². The van der Waals surface area contributed by atoms with Gasteiger partial charge in [-0.1, -0.05) is 65.7 Å². The predicted octanol–water partition coefficient (Wildman–Crippen LogP) is 6.68. The molecule has 1 rings (SSSR count). The van der Waals surface area contributed by atoms with E-state index in [1.165, 1.54) is 16.7 Å². The van der Waals surface area contributed by atoms with Crippen LogP contribution in [0.25, 0.3) is 0 Å². The van der Waals surface area contributed by atoms with Crippen molar-refractivity contribution in [2.75, 3.05) is 0 Å². The first-order valence-electron chi connectivity index (χ1n) is 9.73. The molecule has 1 aromatic carbocycles. The van der Waals surface area contributed by atoms with E-state index in [0.29, 0.717) is 18.1 Å². The Bertz CT molecular complexity index is 521. The molecular formula is C23H38O. The molecule has 1 nitrogen and oxygen atoms in total. The molecule has 0 aliphatic heterocycles. The van der Waals surface area contributed by atoms with Crippen molar-refractivity contribution in [2.45, 2.75) is 87.0 Å². The van der Waals surface area contributed by atoms with Crippen LogP contribution in [0.1, 0.15) is 83.4 Å². The van der Waals surface area contributed by atoms with Crippen LogP contribution in [0.5, 0.6) is 0 Å². The summed E-state index contributed by atoms with van der Waals surface area (Å²) in [7, 11) is 0. The topological polar surface area (TPSA) is 17.1 Å². The molecule has 2 unspecified atom stereocenters. The van der Waals surface area contributed by atoms with E-state index in [9.17, 15) is 4.79 Å². The molecule has 0 fully saturated rings. The fraction of sp³-hybridized carbons (Fsp3) is 0.696. The molecule has 0 N–H and O–H groups in total. The highest BCUT2D eigenvalue weighted by atomic mass is 16.1. The van der Waals surface area contributed by atoms with Crippen LogP contribution >= 0.6 is 0 Å². The quantitative estimate of drug-likeness (QED) is 0.493. The molecule has 0 aromatic heterocycles. The molecule has 1 heteroatoms. The van der Waals surface area contributed by atoms with Gasteiger partial charge in [0.05, 0.1) is 0 Å². The normalized spacial score (nSPS) is 14.5. The Kier molecular flexibility index (Phi) is 8.19. The van der Waals surface area contributed by atoms with E-state index < -0.39 is 0 Å². The lowest BCUT2D eigenvalue weighted by Gasteiger charge is -2.26. The highest BCUT2D eigenvalue weighted by Gasteiger charge is 2.27. The number of aryl methyl sites for hydroxylation is 3. The first kappa shape index (κ1) is 20.9. The summed E-state index contributed by atoms with van der Waals surface area (Å²) in [6.07, 6.45) is 6.25. The lowest BCUT2D eigenvalue weighted by atomic mass is 9.77. The van der Waals surface area contributed by atoms with E-state index in [1.54, 1.807) is 0 Å². The number of hydrogen-bond acceptors (Lipinski definition) is 1. The first-order valence-corrected chi connectivity index (χ1v) is 9.73. The Hall–Kier alpha value is -1.11. The smallest absolute Gasteiger partial charge is 0.136 e. The molecule has 0 aliphatic rings. The zero-order valence-electron chi connectivity index (χ0n) is 17.0. The lowest BCUT2D eigenvalue weighted by molar-refractivity contribution is -0.126. The molecule has 0 saturated heterocycles. The Morgan fingerprint density at radius 2 is 1.75 bits per heavy atom. The van der Waals surface area contributed by atoms with Gasteiger partial charge in [-0.25, -0.2) is 0 Å². The van der Waals surface area contributed by atoms with Gasteiger partial charge in [0.1, 0.15) is 5.78 Å². The minimum Gasteiger partial charge on any atom is -0.299 e. The fourth-order valence-corrected chi connectivity index (χ4v) is 3.56. The SMILES string of the molecule is CCCC(C)C(CCCc1ccc(C)c(C)c1)C(=O)CC(C)(C)C. The van der Waals surface area contributed by atoms with Gasteiger partial charge < -0.3 is 0 Å². The zero-order chi connectivity index (χ0) is 18.3. The van der Waals surface area contributed by atoms with E-state index >= 15 is 0 Å². The molecule has 2 atom stereocenters. The molecule has 0 heterocycles. The summed E-state index contributed by atoms with van der Waals surface area (Å²) in [4.78, 5) is 12.8. The summed E-state index contributed by atoms with van der Waals surface area (Å²) in [5.74, 6) is 1.21. The number of ketones is 1. The third-order valence-corrected chi connectivity index (χ3v) is 5.10. The molecule has 0 bridgehead atoms. The summed E-state index contributed by atoms with van der Waals surface area (Å²) in [6.45, 7) is 15.3. The molecule has 0 spiro atoms. The zero-order valence-corrected chi connectivity index (χ0v) is 17.0. The Balaban J connectivity index is 2.67. The van der Waals surface area contributed by atoms with Gasteiger partial charge in [-0.3, -0.25) is 4.79 Å². The highest BCUT2D eigenvalue weighted by molar-refractivity contribution is 5.81. The van der Waals surface area contributed by atoms with Crippen LogP contribution in [-0.2, 0) is 11.2 Å². The maximum Gasteiger partial charge on any atom is 0.136 e. The van der Waals surface area contributed by atoms with E-state index in [0.717, 1.165) is 32.1 Å². The van der Waals surface area contributed by atoms with E-state index in [2.05, 4.69) is 66.7 Å². The van der Waals surface area contributed by atoms with Gasteiger partial charge in [-0.2, -0.15) is 0 Å². The number of hydrogen-bond donors (Lipinski definition) is 0. The van der Waals surface area contributed by atoms with Crippen LogP contribution in [0.3, 0.4) is 0 Å². The minimum atomic E-state index is 0.0926. The van der Waals surface area contributed by atoms with E-state index in [1.807, 2.05) is 0 Å². The predicted molar refractivity (Wildman–Crippen MR) is 105 cm³/mol. The van der Waals surface area contributed by atoms with Crippen molar-refractivity contribution in [3.8, 4) is 0 Å². The molecule has 136 valence electrons. The van der Waals surface area contributed by atoms with Crippen molar-refractivity contribution in [3.05, 3.63) is 34.9 Å². The average molecular weight is 331 g/mol. The Morgan fingerprint density at radius 1 is 1.08 bits per heavy atom. The maximum absolute atomic E-state index is 12.8. The summed E-state index contributed by atoms with van der Waals surface area (Å²) < 4.78 is 0. The van der Waals surface area contributed by atoms with Crippen LogP contribution in [0.4, 0.5) is 0 Å². The maximum atomic E-state index is 12.8. The highest BCUT2D eigenvalue weighted by Crippen LogP contribution is 2.29. The second-order valence-corrected chi connectivity index (χ2v) is 8.89. The average Bonchev–Trinajstić information content (AvgIpc) is 2.45. The van der Waals surface area contributed by atoms with Crippen molar-refractivity contribution >= 4 is 5.78 Å². The molecule has 0 radical (unpaired) electrons. The first-order chi connectivity index (χ1) is 11.1. The van der Waals surface area contributed by atoms with Crippen molar-refractivity contribution in [1.29, 1.82) is 0 Å². The molecule has 0 amide bonds. The van der Waals surface area contributed by atoms with Gasteiger partial charge in [0.15, 0.2) is 0 Å². The Morgan fingerprint density at radius 3 is 2.29 bits per heavy atom. The second-order valence-electron chi connectivity index (χ2n) is 8.89. The van der Waals surface area contributed by atoms with Crippen LogP contribution in [0.15, 0.2) is 18.2 Å². The number of benzene rings is 1. The summed E-state index contributed by atoms with van der Waals surface area (Å²) in [6, 6.07) is 6.76. The third-order valence-electron chi connectivity index (χ3n) is 5.10. The second kappa shape index (κ2) is 9.39. The summed E-state index contributed by atoms with van der Waals surface area (Å²) in [5, 5.41) is 0. The van der Waals surface area contributed by atoms with E-state index in [4.69, 9.17) is 0 Å². The van der Waals surface area contributed by atoms with Crippen LogP contribution in [0.2, 0.25) is 0 Å². The van der Waals surface area contributed by atoms with Gasteiger partial charge in [-0.15, -0.1) is 0 Å². The summed E-state index contributed by atoms with van der Waals surface area (Å²) >= 11 is 0.